The molecule has 16 heavy (non-hydrogen) atoms. The van der Waals surface area contributed by atoms with Gasteiger partial charge in [-0.25, -0.2) is 0 Å². The monoisotopic (exact) mass is 227 g/mol. The summed E-state index contributed by atoms with van der Waals surface area (Å²) in [7, 11) is 2.11. The van der Waals surface area contributed by atoms with E-state index in [9.17, 15) is 4.79 Å². The lowest BCUT2D eigenvalue weighted by atomic mass is 9.88. The van der Waals surface area contributed by atoms with Crippen molar-refractivity contribution in [1.29, 1.82) is 0 Å². The minimum Gasteiger partial charge on any atom is -0.481 e. The van der Waals surface area contributed by atoms with E-state index in [2.05, 4.69) is 11.9 Å². The van der Waals surface area contributed by atoms with Gasteiger partial charge in [0.15, 0.2) is 0 Å². The van der Waals surface area contributed by atoms with Gasteiger partial charge in [-0.3, -0.25) is 4.79 Å². The summed E-state index contributed by atoms with van der Waals surface area (Å²) < 4.78 is 0. The molecule has 1 N–H and O–H groups in total. The summed E-state index contributed by atoms with van der Waals surface area (Å²) in [5.74, 6) is 0.143. The first-order valence-electron chi connectivity index (χ1n) is 6.29. The molecule has 0 aromatic heterocycles. The minimum absolute atomic E-state index is 0.126. The third-order valence-electron chi connectivity index (χ3n) is 3.37. The number of carboxylic acid groups (broad SMARTS) is 1. The molecule has 0 atom stereocenters. The van der Waals surface area contributed by atoms with Gasteiger partial charge in [0.05, 0.1) is 6.42 Å². The van der Waals surface area contributed by atoms with Crippen molar-refractivity contribution < 1.29 is 9.90 Å². The number of aliphatic carboxylic acids is 1. The van der Waals surface area contributed by atoms with Gasteiger partial charge in [0.2, 0.25) is 0 Å². The molecule has 3 nitrogen and oxygen atoms in total. The number of carboxylic acids is 1. The summed E-state index contributed by atoms with van der Waals surface area (Å²) in [5.41, 5.74) is -0.126. The molecule has 0 heterocycles. The van der Waals surface area contributed by atoms with Gasteiger partial charge in [-0.2, -0.15) is 0 Å². The van der Waals surface area contributed by atoms with Gasteiger partial charge >= 0.3 is 5.97 Å². The van der Waals surface area contributed by atoms with E-state index in [1.165, 1.54) is 25.7 Å². The first kappa shape index (κ1) is 13.5. The van der Waals surface area contributed by atoms with Crippen LogP contribution in [0.15, 0.2) is 0 Å². The number of nitrogens with zero attached hydrogens (tertiary/aromatic N) is 1. The fourth-order valence-electron chi connectivity index (χ4n) is 2.89. The van der Waals surface area contributed by atoms with Crippen LogP contribution >= 0.6 is 0 Å². The molecule has 0 spiro atoms. The van der Waals surface area contributed by atoms with Crippen molar-refractivity contribution in [2.75, 3.05) is 20.1 Å². The van der Waals surface area contributed by atoms with E-state index in [-0.39, 0.29) is 11.8 Å². The van der Waals surface area contributed by atoms with Gasteiger partial charge in [0.25, 0.3) is 0 Å². The van der Waals surface area contributed by atoms with Gasteiger partial charge in [-0.1, -0.05) is 26.7 Å². The zero-order valence-corrected chi connectivity index (χ0v) is 10.8. The smallest absolute Gasteiger partial charge is 0.303 e. The summed E-state index contributed by atoms with van der Waals surface area (Å²) in [6, 6.07) is 0. The number of hydrogen-bond acceptors (Lipinski definition) is 2. The topological polar surface area (TPSA) is 40.5 Å². The van der Waals surface area contributed by atoms with Crippen molar-refractivity contribution in [1.82, 2.24) is 4.90 Å². The Morgan fingerprint density at radius 2 is 1.94 bits per heavy atom. The Morgan fingerprint density at radius 1 is 1.38 bits per heavy atom. The van der Waals surface area contributed by atoms with Crippen LogP contribution in [0.2, 0.25) is 0 Å². The van der Waals surface area contributed by atoms with E-state index in [0.29, 0.717) is 0 Å². The summed E-state index contributed by atoms with van der Waals surface area (Å²) >= 11 is 0. The molecule has 0 bridgehead atoms. The van der Waals surface area contributed by atoms with E-state index in [1.54, 1.807) is 0 Å². The van der Waals surface area contributed by atoms with Gasteiger partial charge in [0, 0.05) is 13.1 Å². The Morgan fingerprint density at radius 3 is 2.44 bits per heavy atom. The van der Waals surface area contributed by atoms with Crippen molar-refractivity contribution in [2.45, 2.75) is 46.0 Å². The van der Waals surface area contributed by atoms with Gasteiger partial charge in [-0.15, -0.1) is 0 Å². The highest BCUT2D eigenvalue weighted by Crippen LogP contribution is 2.27. The second-order valence-corrected chi connectivity index (χ2v) is 6.08. The quantitative estimate of drug-likeness (QED) is 0.758. The number of carbonyl (C=O) groups is 1. The normalized spacial score (nSPS) is 18.2. The first-order valence-corrected chi connectivity index (χ1v) is 6.29. The molecule has 1 fully saturated rings. The van der Waals surface area contributed by atoms with Gasteiger partial charge in [-0.05, 0) is 31.2 Å². The van der Waals surface area contributed by atoms with E-state index in [4.69, 9.17) is 5.11 Å². The molecular formula is C13H25NO2. The molecule has 0 aliphatic heterocycles. The molecule has 3 heteroatoms. The first-order chi connectivity index (χ1) is 7.39. The van der Waals surface area contributed by atoms with E-state index >= 15 is 0 Å². The predicted molar refractivity (Wildman–Crippen MR) is 65.5 cm³/mol. The SMILES string of the molecule is CN(CC1CCCC1)CC(C)(C)CC(=O)O. The molecule has 1 saturated carbocycles. The molecule has 0 unspecified atom stereocenters. The van der Waals surface area contributed by atoms with E-state index < -0.39 is 5.97 Å². The lowest BCUT2D eigenvalue weighted by Gasteiger charge is -2.30. The molecule has 1 rings (SSSR count). The molecule has 1 aliphatic rings. The highest BCUT2D eigenvalue weighted by atomic mass is 16.4. The minimum atomic E-state index is -0.695. The zero-order chi connectivity index (χ0) is 12.2. The largest absolute Gasteiger partial charge is 0.481 e. The van der Waals surface area contributed by atoms with Crippen molar-refractivity contribution in [2.24, 2.45) is 11.3 Å². The fraction of sp³-hybridized carbons (Fsp3) is 0.923. The predicted octanol–water partition coefficient (Wildman–Crippen LogP) is 2.61. The summed E-state index contributed by atoms with van der Waals surface area (Å²) in [4.78, 5) is 13.0. The van der Waals surface area contributed by atoms with Crippen molar-refractivity contribution >= 4 is 5.97 Å². The van der Waals surface area contributed by atoms with Crippen molar-refractivity contribution in [3.05, 3.63) is 0 Å². The molecule has 1 aliphatic carbocycles. The third-order valence-corrected chi connectivity index (χ3v) is 3.37. The van der Waals surface area contributed by atoms with Crippen LogP contribution in [0.3, 0.4) is 0 Å². The average Bonchev–Trinajstić information content (AvgIpc) is 2.51. The maximum atomic E-state index is 10.7. The fourth-order valence-corrected chi connectivity index (χ4v) is 2.89. The van der Waals surface area contributed by atoms with Gasteiger partial charge < -0.3 is 10.0 Å². The van der Waals surface area contributed by atoms with Crippen LogP contribution in [0, 0.1) is 11.3 Å². The Labute approximate surface area is 98.8 Å². The van der Waals surface area contributed by atoms with Crippen LogP contribution in [0.1, 0.15) is 46.0 Å². The Bertz CT molecular complexity index is 232. The molecule has 0 amide bonds. The van der Waals surface area contributed by atoms with Crippen LogP contribution in [0.4, 0.5) is 0 Å². The maximum Gasteiger partial charge on any atom is 0.303 e. The second kappa shape index (κ2) is 5.67. The summed E-state index contributed by atoms with van der Waals surface area (Å²) in [6.45, 7) is 6.07. The summed E-state index contributed by atoms with van der Waals surface area (Å²) in [5, 5.41) is 8.83. The molecule has 0 aromatic carbocycles. The van der Waals surface area contributed by atoms with Gasteiger partial charge in [0.1, 0.15) is 0 Å². The summed E-state index contributed by atoms with van der Waals surface area (Å²) in [6.07, 6.45) is 5.70. The lowest BCUT2D eigenvalue weighted by molar-refractivity contribution is -0.139. The average molecular weight is 227 g/mol. The van der Waals surface area contributed by atoms with Crippen LogP contribution in [0.25, 0.3) is 0 Å². The third kappa shape index (κ3) is 4.97. The Hall–Kier alpha value is -0.570. The molecule has 94 valence electrons. The van der Waals surface area contributed by atoms with Crippen LogP contribution in [0.5, 0.6) is 0 Å². The van der Waals surface area contributed by atoms with Crippen LogP contribution in [-0.2, 0) is 4.79 Å². The van der Waals surface area contributed by atoms with Crippen molar-refractivity contribution in [3.8, 4) is 0 Å². The second-order valence-electron chi connectivity index (χ2n) is 6.08. The Balaban J connectivity index is 2.31. The van der Waals surface area contributed by atoms with Crippen LogP contribution in [-0.4, -0.2) is 36.1 Å². The number of rotatable bonds is 6. The highest BCUT2D eigenvalue weighted by Gasteiger charge is 2.25. The number of hydrogen-bond donors (Lipinski definition) is 1. The lowest BCUT2D eigenvalue weighted by Crippen LogP contribution is -2.35. The van der Waals surface area contributed by atoms with Crippen molar-refractivity contribution in [3.63, 3.8) is 0 Å². The van der Waals surface area contributed by atoms with E-state index in [0.717, 1.165) is 19.0 Å². The van der Waals surface area contributed by atoms with E-state index in [1.807, 2.05) is 13.8 Å². The molecule has 0 radical (unpaired) electrons. The highest BCUT2D eigenvalue weighted by molar-refractivity contribution is 5.67. The van der Waals surface area contributed by atoms with Crippen LogP contribution < -0.4 is 0 Å². The Kier molecular flexibility index (Phi) is 4.78. The maximum absolute atomic E-state index is 10.7. The molecule has 0 aromatic rings. The zero-order valence-electron chi connectivity index (χ0n) is 10.8. The molecular weight excluding hydrogens is 202 g/mol. The molecule has 0 saturated heterocycles. The standard InChI is InChI=1S/C13H25NO2/c1-13(2,8-12(15)16)10-14(3)9-11-6-4-5-7-11/h11H,4-10H2,1-3H3,(H,15,16).